The zero-order valence-electron chi connectivity index (χ0n) is 11.3. The van der Waals surface area contributed by atoms with Gasteiger partial charge < -0.3 is 10.1 Å². The van der Waals surface area contributed by atoms with Gasteiger partial charge in [-0.05, 0) is 42.7 Å². The highest BCUT2D eigenvalue weighted by atomic mass is 16.5. The minimum absolute atomic E-state index is 0.465. The van der Waals surface area contributed by atoms with Crippen LogP contribution in [-0.4, -0.2) is 26.3 Å². The largest absolute Gasteiger partial charge is 0.381 e. The molecule has 0 aromatic rings. The Kier molecular flexibility index (Phi) is 3.33. The van der Waals surface area contributed by atoms with E-state index in [1.165, 1.54) is 25.9 Å². The third kappa shape index (κ3) is 2.43. The van der Waals surface area contributed by atoms with Crippen LogP contribution in [-0.2, 0) is 4.74 Å². The summed E-state index contributed by atoms with van der Waals surface area (Å²) in [5.74, 6) is 1.68. The summed E-state index contributed by atoms with van der Waals surface area (Å²) in [6.45, 7) is 14.1. The maximum absolute atomic E-state index is 5.32. The van der Waals surface area contributed by atoms with E-state index in [0.717, 1.165) is 25.0 Å². The SMILES string of the molecule is CC(C)(CCC(C)(C)C1COC1)C1CNC1. The Morgan fingerprint density at radius 3 is 1.75 bits per heavy atom. The predicted octanol–water partition coefficient (Wildman–Crippen LogP) is 2.68. The van der Waals surface area contributed by atoms with E-state index in [1.807, 2.05) is 0 Å². The molecule has 0 spiro atoms. The molecular weight excluding hydrogens is 198 g/mol. The van der Waals surface area contributed by atoms with E-state index in [9.17, 15) is 0 Å². The van der Waals surface area contributed by atoms with E-state index in [1.54, 1.807) is 0 Å². The molecule has 2 aliphatic rings. The van der Waals surface area contributed by atoms with Gasteiger partial charge in [-0.3, -0.25) is 0 Å². The number of hydrogen-bond donors (Lipinski definition) is 1. The van der Waals surface area contributed by atoms with E-state index in [2.05, 4.69) is 33.0 Å². The average molecular weight is 225 g/mol. The fourth-order valence-electron chi connectivity index (χ4n) is 2.58. The summed E-state index contributed by atoms with van der Waals surface area (Å²) in [5.41, 5.74) is 0.972. The lowest BCUT2D eigenvalue weighted by Gasteiger charge is -2.45. The highest BCUT2D eigenvalue weighted by Crippen LogP contribution is 2.42. The molecule has 0 aliphatic carbocycles. The molecular formula is C14H27NO. The molecule has 0 saturated carbocycles. The molecule has 0 unspecified atom stereocenters. The van der Waals surface area contributed by atoms with E-state index in [4.69, 9.17) is 4.74 Å². The van der Waals surface area contributed by atoms with Gasteiger partial charge in [0.1, 0.15) is 0 Å². The van der Waals surface area contributed by atoms with Crippen molar-refractivity contribution in [2.75, 3.05) is 26.3 Å². The van der Waals surface area contributed by atoms with Crippen LogP contribution >= 0.6 is 0 Å². The lowest BCUT2D eigenvalue weighted by atomic mass is 9.66. The smallest absolute Gasteiger partial charge is 0.0521 e. The van der Waals surface area contributed by atoms with E-state index in [0.29, 0.717) is 10.8 Å². The highest BCUT2D eigenvalue weighted by Gasteiger charge is 2.39. The molecule has 2 heterocycles. The fourth-order valence-corrected chi connectivity index (χ4v) is 2.58. The minimum Gasteiger partial charge on any atom is -0.381 e. The molecule has 0 aromatic carbocycles. The monoisotopic (exact) mass is 225 g/mol. The summed E-state index contributed by atoms with van der Waals surface area (Å²) in [6, 6.07) is 0. The van der Waals surface area contributed by atoms with Crippen LogP contribution in [0.4, 0.5) is 0 Å². The van der Waals surface area contributed by atoms with Gasteiger partial charge in [-0.25, -0.2) is 0 Å². The summed E-state index contributed by atoms with van der Waals surface area (Å²) in [7, 11) is 0. The first-order chi connectivity index (χ1) is 7.42. The van der Waals surface area contributed by atoms with Gasteiger partial charge in [0.15, 0.2) is 0 Å². The Morgan fingerprint density at radius 2 is 1.44 bits per heavy atom. The maximum Gasteiger partial charge on any atom is 0.0521 e. The van der Waals surface area contributed by atoms with E-state index < -0.39 is 0 Å². The second-order valence-corrected chi connectivity index (χ2v) is 7.07. The molecule has 94 valence electrons. The zero-order chi connectivity index (χ0) is 11.8. The van der Waals surface area contributed by atoms with Crippen LogP contribution in [0, 0.1) is 22.7 Å². The minimum atomic E-state index is 0.465. The lowest BCUT2D eigenvalue weighted by molar-refractivity contribution is -0.0939. The molecule has 2 nitrogen and oxygen atoms in total. The highest BCUT2D eigenvalue weighted by molar-refractivity contribution is 4.90. The first-order valence-electron chi connectivity index (χ1n) is 6.70. The summed E-state index contributed by atoms with van der Waals surface area (Å²) in [4.78, 5) is 0. The second kappa shape index (κ2) is 4.30. The molecule has 2 rings (SSSR count). The average Bonchev–Trinajstić information content (AvgIpc) is 1.92. The molecule has 0 radical (unpaired) electrons. The number of hydrogen-bond acceptors (Lipinski definition) is 2. The molecule has 0 bridgehead atoms. The molecule has 1 N–H and O–H groups in total. The van der Waals surface area contributed by atoms with Crippen LogP contribution in [0.3, 0.4) is 0 Å². The lowest BCUT2D eigenvalue weighted by Crippen LogP contribution is -2.50. The molecule has 16 heavy (non-hydrogen) atoms. The van der Waals surface area contributed by atoms with Crippen molar-refractivity contribution in [2.24, 2.45) is 22.7 Å². The van der Waals surface area contributed by atoms with Crippen molar-refractivity contribution >= 4 is 0 Å². The Labute approximate surface area is 100 Å². The van der Waals surface area contributed by atoms with Gasteiger partial charge in [0.2, 0.25) is 0 Å². The van der Waals surface area contributed by atoms with Crippen LogP contribution < -0.4 is 5.32 Å². The summed E-state index contributed by atoms with van der Waals surface area (Å²) in [5, 5.41) is 3.39. The standard InChI is InChI=1S/C14H27NO/c1-13(2,11-7-15-8-11)5-6-14(3,4)12-9-16-10-12/h11-12,15H,5-10H2,1-4H3. The zero-order valence-corrected chi connectivity index (χ0v) is 11.3. The molecule has 2 heteroatoms. The van der Waals surface area contributed by atoms with Crippen LogP contribution in [0.5, 0.6) is 0 Å². The number of rotatable bonds is 5. The Morgan fingerprint density at radius 1 is 0.938 bits per heavy atom. The number of nitrogens with one attached hydrogen (secondary N) is 1. The summed E-state index contributed by atoms with van der Waals surface area (Å²) >= 11 is 0. The molecule has 2 saturated heterocycles. The molecule has 2 aliphatic heterocycles. The maximum atomic E-state index is 5.32. The first-order valence-corrected chi connectivity index (χ1v) is 6.70. The Balaban J connectivity index is 1.80. The molecule has 0 atom stereocenters. The summed E-state index contributed by atoms with van der Waals surface area (Å²) in [6.07, 6.45) is 2.69. The normalized spacial score (nSPS) is 24.0. The molecule has 0 amide bonds. The van der Waals surface area contributed by atoms with Gasteiger partial charge in [-0.15, -0.1) is 0 Å². The Hall–Kier alpha value is -0.0800. The van der Waals surface area contributed by atoms with Crippen molar-refractivity contribution in [2.45, 2.75) is 40.5 Å². The van der Waals surface area contributed by atoms with Crippen molar-refractivity contribution in [1.29, 1.82) is 0 Å². The summed E-state index contributed by atoms with van der Waals surface area (Å²) < 4.78 is 5.32. The van der Waals surface area contributed by atoms with Gasteiger partial charge in [0.25, 0.3) is 0 Å². The predicted molar refractivity (Wildman–Crippen MR) is 67.5 cm³/mol. The van der Waals surface area contributed by atoms with Crippen LogP contribution in [0.1, 0.15) is 40.5 Å². The van der Waals surface area contributed by atoms with Crippen molar-refractivity contribution in [3.63, 3.8) is 0 Å². The van der Waals surface area contributed by atoms with E-state index in [-0.39, 0.29) is 0 Å². The fraction of sp³-hybridized carbons (Fsp3) is 1.00. The Bertz CT molecular complexity index is 213. The molecule has 0 aromatic heterocycles. The van der Waals surface area contributed by atoms with Gasteiger partial charge in [-0.2, -0.15) is 0 Å². The topological polar surface area (TPSA) is 21.3 Å². The van der Waals surface area contributed by atoms with Crippen molar-refractivity contribution < 1.29 is 4.74 Å². The van der Waals surface area contributed by atoms with Gasteiger partial charge in [0, 0.05) is 5.92 Å². The third-order valence-corrected chi connectivity index (χ3v) is 5.04. The van der Waals surface area contributed by atoms with Crippen molar-refractivity contribution in [1.82, 2.24) is 5.32 Å². The van der Waals surface area contributed by atoms with Gasteiger partial charge in [-0.1, -0.05) is 27.7 Å². The second-order valence-electron chi connectivity index (χ2n) is 7.07. The van der Waals surface area contributed by atoms with Gasteiger partial charge >= 0.3 is 0 Å². The molecule has 2 fully saturated rings. The third-order valence-electron chi connectivity index (χ3n) is 5.04. The van der Waals surface area contributed by atoms with Crippen LogP contribution in [0.25, 0.3) is 0 Å². The van der Waals surface area contributed by atoms with Crippen LogP contribution in [0.15, 0.2) is 0 Å². The first kappa shape index (κ1) is 12.4. The van der Waals surface area contributed by atoms with Crippen molar-refractivity contribution in [3.8, 4) is 0 Å². The van der Waals surface area contributed by atoms with E-state index >= 15 is 0 Å². The van der Waals surface area contributed by atoms with Gasteiger partial charge in [0.05, 0.1) is 13.2 Å². The quantitative estimate of drug-likeness (QED) is 0.777. The van der Waals surface area contributed by atoms with Crippen molar-refractivity contribution in [3.05, 3.63) is 0 Å². The number of ether oxygens (including phenoxy) is 1. The van der Waals surface area contributed by atoms with Crippen LogP contribution in [0.2, 0.25) is 0 Å².